The average Bonchev–Trinajstić information content (AvgIpc) is 2.61. The Morgan fingerprint density at radius 1 is 1.04 bits per heavy atom. The molecule has 0 aliphatic carbocycles. The predicted octanol–water partition coefficient (Wildman–Crippen LogP) is 5.64. The first-order valence-electron chi connectivity index (χ1n) is 8.50. The lowest BCUT2D eigenvalue weighted by Crippen LogP contribution is -2.24. The third kappa shape index (κ3) is 6.30. The monoisotopic (exact) mass is 443 g/mol. The van der Waals surface area contributed by atoms with E-state index < -0.39 is 18.5 Å². The summed E-state index contributed by atoms with van der Waals surface area (Å²) in [6.45, 7) is 5.20. The highest BCUT2D eigenvalue weighted by molar-refractivity contribution is 6.42. The van der Waals surface area contributed by atoms with E-state index in [0.717, 1.165) is 11.1 Å². The van der Waals surface area contributed by atoms with Crippen molar-refractivity contribution in [1.29, 1.82) is 0 Å². The zero-order chi connectivity index (χ0) is 20.8. The standard InChI is InChI=1S/C20H20Cl3NO4/c1-11(2)14-5-4-12(3)6-17(14)27-10-19(26)28-9-18(25)24-20-15(22)7-13(21)8-16(20)23/h4-8,11H,9-10H2,1-3H3,(H,24,25). The molecule has 0 fully saturated rings. The van der Waals surface area contributed by atoms with Gasteiger partial charge in [-0.2, -0.15) is 0 Å². The van der Waals surface area contributed by atoms with Gasteiger partial charge in [0, 0.05) is 5.02 Å². The number of ether oxygens (including phenoxy) is 2. The second kappa shape index (κ2) is 10.0. The summed E-state index contributed by atoms with van der Waals surface area (Å²) in [5.74, 6) is -0.389. The summed E-state index contributed by atoms with van der Waals surface area (Å²) in [5.41, 5.74) is 2.21. The number of aryl methyl sites for hydroxylation is 1. The van der Waals surface area contributed by atoms with Gasteiger partial charge < -0.3 is 14.8 Å². The van der Waals surface area contributed by atoms with Crippen LogP contribution in [0, 0.1) is 6.92 Å². The summed E-state index contributed by atoms with van der Waals surface area (Å²) in [7, 11) is 0. The van der Waals surface area contributed by atoms with Crippen molar-refractivity contribution in [2.24, 2.45) is 0 Å². The quantitative estimate of drug-likeness (QED) is 0.561. The van der Waals surface area contributed by atoms with Crippen LogP contribution in [-0.4, -0.2) is 25.1 Å². The van der Waals surface area contributed by atoms with Gasteiger partial charge in [-0.3, -0.25) is 4.79 Å². The highest BCUT2D eigenvalue weighted by atomic mass is 35.5. The SMILES string of the molecule is Cc1ccc(C(C)C)c(OCC(=O)OCC(=O)Nc2c(Cl)cc(Cl)cc2Cl)c1. The fourth-order valence-corrected chi connectivity index (χ4v) is 3.32. The molecule has 0 unspecified atom stereocenters. The molecule has 0 heterocycles. The largest absolute Gasteiger partial charge is 0.482 e. The minimum Gasteiger partial charge on any atom is -0.482 e. The van der Waals surface area contributed by atoms with Crippen molar-refractivity contribution >= 4 is 52.4 Å². The Bertz CT molecular complexity index is 861. The lowest BCUT2D eigenvalue weighted by Gasteiger charge is -2.14. The van der Waals surface area contributed by atoms with Gasteiger partial charge in [-0.05, 0) is 42.2 Å². The van der Waals surface area contributed by atoms with E-state index in [4.69, 9.17) is 44.3 Å². The maximum absolute atomic E-state index is 12.0. The second-order valence-electron chi connectivity index (χ2n) is 6.44. The van der Waals surface area contributed by atoms with Crippen molar-refractivity contribution in [3.05, 3.63) is 56.5 Å². The van der Waals surface area contributed by atoms with Crippen molar-refractivity contribution in [2.75, 3.05) is 18.5 Å². The van der Waals surface area contributed by atoms with Gasteiger partial charge in [0.2, 0.25) is 0 Å². The molecule has 0 saturated heterocycles. The summed E-state index contributed by atoms with van der Waals surface area (Å²) in [5, 5.41) is 3.19. The minimum absolute atomic E-state index is 0.182. The van der Waals surface area contributed by atoms with Gasteiger partial charge in [0.05, 0.1) is 15.7 Å². The molecule has 0 aliphatic rings. The third-order valence-corrected chi connectivity index (χ3v) is 4.59. The van der Waals surface area contributed by atoms with E-state index in [1.807, 2.05) is 39.0 Å². The van der Waals surface area contributed by atoms with E-state index in [-0.39, 0.29) is 28.3 Å². The lowest BCUT2D eigenvalue weighted by atomic mass is 10.0. The lowest BCUT2D eigenvalue weighted by molar-refractivity contribution is -0.149. The molecular formula is C20H20Cl3NO4. The fraction of sp³-hybridized carbons (Fsp3) is 0.300. The molecule has 2 aromatic carbocycles. The average molecular weight is 445 g/mol. The van der Waals surface area contributed by atoms with Gasteiger partial charge in [0.25, 0.3) is 5.91 Å². The molecule has 1 N–H and O–H groups in total. The molecule has 0 aliphatic heterocycles. The first-order valence-corrected chi connectivity index (χ1v) is 9.64. The molecule has 5 nitrogen and oxygen atoms in total. The molecule has 0 radical (unpaired) electrons. The molecule has 8 heteroatoms. The molecule has 28 heavy (non-hydrogen) atoms. The van der Waals surface area contributed by atoms with Crippen LogP contribution >= 0.6 is 34.8 Å². The Balaban J connectivity index is 1.88. The topological polar surface area (TPSA) is 64.6 Å². The number of anilines is 1. The Hall–Kier alpha value is -1.95. The number of benzene rings is 2. The number of esters is 1. The van der Waals surface area contributed by atoms with Gasteiger partial charge >= 0.3 is 5.97 Å². The molecule has 0 spiro atoms. The first-order chi connectivity index (χ1) is 13.2. The fourth-order valence-electron chi connectivity index (χ4n) is 2.41. The minimum atomic E-state index is -0.667. The van der Waals surface area contributed by atoms with Crippen LogP contribution in [0.25, 0.3) is 0 Å². The summed E-state index contributed by atoms with van der Waals surface area (Å²) in [6, 6.07) is 8.70. The van der Waals surface area contributed by atoms with Gasteiger partial charge in [-0.15, -0.1) is 0 Å². The number of rotatable bonds is 7. The van der Waals surface area contributed by atoms with Crippen LogP contribution in [0.15, 0.2) is 30.3 Å². The number of amides is 1. The van der Waals surface area contributed by atoms with Crippen LogP contribution in [0.1, 0.15) is 30.9 Å². The molecule has 0 bridgehead atoms. The van der Waals surface area contributed by atoms with Gasteiger partial charge in [0.1, 0.15) is 5.75 Å². The van der Waals surface area contributed by atoms with Crippen molar-refractivity contribution in [2.45, 2.75) is 26.7 Å². The number of hydrogen-bond donors (Lipinski definition) is 1. The van der Waals surface area contributed by atoms with Crippen molar-refractivity contribution in [1.82, 2.24) is 0 Å². The number of halogens is 3. The van der Waals surface area contributed by atoms with E-state index in [1.165, 1.54) is 12.1 Å². The van der Waals surface area contributed by atoms with E-state index >= 15 is 0 Å². The molecule has 2 rings (SSSR count). The molecule has 0 saturated carbocycles. The number of carbonyl (C=O) groups is 2. The zero-order valence-electron chi connectivity index (χ0n) is 15.6. The summed E-state index contributed by atoms with van der Waals surface area (Å²) < 4.78 is 10.5. The smallest absolute Gasteiger partial charge is 0.344 e. The summed E-state index contributed by atoms with van der Waals surface area (Å²) in [6.07, 6.45) is 0. The Morgan fingerprint density at radius 3 is 2.29 bits per heavy atom. The molecule has 0 aromatic heterocycles. The first kappa shape index (κ1) is 22.3. The normalized spacial score (nSPS) is 10.7. The maximum Gasteiger partial charge on any atom is 0.344 e. The number of hydrogen-bond acceptors (Lipinski definition) is 4. The van der Waals surface area contributed by atoms with Crippen molar-refractivity contribution in [3.8, 4) is 5.75 Å². The Morgan fingerprint density at radius 2 is 1.68 bits per heavy atom. The Kier molecular flexibility index (Phi) is 7.98. The predicted molar refractivity (Wildman–Crippen MR) is 112 cm³/mol. The van der Waals surface area contributed by atoms with E-state index in [0.29, 0.717) is 10.8 Å². The number of nitrogens with one attached hydrogen (secondary N) is 1. The molecule has 1 amide bonds. The van der Waals surface area contributed by atoms with Crippen LogP contribution in [0.5, 0.6) is 5.75 Å². The van der Waals surface area contributed by atoms with Crippen molar-refractivity contribution in [3.63, 3.8) is 0 Å². The van der Waals surface area contributed by atoms with Crippen LogP contribution in [0.4, 0.5) is 5.69 Å². The highest BCUT2D eigenvalue weighted by Gasteiger charge is 2.15. The van der Waals surface area contributed by atoms with E-state index in [1.54, 1.807) is 0 Å². The van der Waals surface area contributed by atoms with E-state index in [9.17, 15) is 9.59 Å². The maximum atomic E-state index is 12.0. The van der Waals surface area contributed by atoms with E-state index in [2.05, 4.69) is 5.32 Å². The highest BCUT2D eigenvalue weighted by Crippen LogP contribution is 2.33. The zero-order valence-corrected chi connectivity index (χ0v) is 17.9. The molecule has 150 valence electrons. The summed E-state index contributed by atoms with van der Waals surface area (Å²) >= 11 is 17.8. The van der Waals surface area contributed by atoms with Crippen LogP contribution in [0.3, 0.4) is 0 Å². The molecular weight excluding hydrogens is 425 g/mol. The van der Waals surface area contributed by atoms with Crippen LogP contribution in [-0.2, 0) is 14.3 Å². The third-order valence-electron chi connectivity index (χ3n) is 3.77. The summed E-state index contributed by atoms with van der Waals surface area (Å²) in [4.78, 5) is 23.9. The van der Waals surface area contributed by atoms with Gasteiger partial charge in [0.15, 0.2) is 13.2 Å². The van der Waals surface area contributed by atoms with Gasteiger partial charge in [-0.1, -0.05) is 60.8 Å². The van der Waals surface area contributed by atoms with Crippen molar-refractivity contribution < 1.29 is 19.1 Å². The van der Waals surface area contributed by atoms with Gasteiger partial charge in [-0.25, -0.2) is 4.79 Å². The molecule has 2 aromatic rings. The Labute approximate surface area is 178 Å². The van der Waals surface area contributed by atoms with Crippen LogP contribution in [0.2, 0.25) is 15.1 Å². The second-order valence-corrected chi connectivity index (χ2v) is 7.69. The van der Waals surface area contributed by atoms with Crippen LogP contribution < -0.4 is 10.1 Å². The molecule has 0 atom stereocenters. The number of carbonyl (C=O) groups excluding carboxylic acids is 2.